The van der Waals surface area contributed by atoms with Gasteiger partial charge in [-0.25, -0.2) is 17.5 Å². The number of aromatic nitrogens is 2. The third-order valence-corrected chi connectivity index (χ3v) is 5.51. The number of benzene rings is 1. The van der Waals surface area contributed by atoms with Gasteiger partial charge in [-0.3, -0.25) is 0 Å². The Labute approximate surface area is 126 Å². The topological polar surface area (TPSA) is 78.0 Å². The fourth-order valence-electron chi connectivity index (χ4n) is 2.50. The Hall–Kier alpha value is -1.60. The van der Waals surface area contributed by atoms with Crippen LogP contribution in [0, 0.1) is 5.82 Å². The second kappa shape index (κ2) is 4.99. The molecule has 8 heteroatoms. The van der Waals surface area contributed by atoms with Crippen molar-refractivity contribution in [3.8, 4) is 11.3 Å². The fourth-order valence-corrected chi connectivity index (χ4v) is 4.36. The molecule has 5 nitrogen and oxygen atoms in total. The van der Waals surface area contributed by atoms with Crippen LogP contribution in [0.5, 0.6) is 0 Å². The molecular formula is C13H13ClFN3O2S. The number of hydrogen-bond acceptors (Lipinski definition) is 4. The van der Waals surface area contributed by atoms with Crippen LogP contribution in [0.1, 0.15) is 12.5 Å². The van der Waals surface area contributed by atoms with Crippen molar-refractivity contribution in [1.29, 1.82) is 0 Å². The predicted octanol–water partition coefficient (Wildman–Crippen LogP) is 2.28. The summed E-state index contributed by atoms with van der Waals surface area (Å²) in [5.74, 6) is -0.0108. The molecule has 0 saturated carbocycles. The van der Waals surface area contributed by atoms with Crippen molar-refractivity contribution in [2.24, 2.45) is 0 Å². The molecule has 0 aliphatic carbocycles. The molecule has 0 spiro atoms. The van der Waals surface area contributed by atoms with E-state index in [4.69, 9.17) is 17.3 Å². The minimum absolute atomic E-state index is 0.0103. The summed E-state index contributed by atoms with van der Waals surface area (Å²) < 4.78 is 38.4. The molecule has 2 aromatic rings. The Bertz CT molecular complexity index is 804. The van der Waals surface area contributed by atoms with E-state index in [9.17, 15) is 12.8 Å². The van der Waals surface area contributed by atoms with Gasteiger partial charge in [-0.05, 0) is 24.6 Å². The van der Waals surface area contributed by atoms with Crippen molar-refractivity contribution >= 4 is 27.3 Å². The molecule has 2 heterocycles. The van der Waals surface area contributed by atoms with E-state index in [0.717, 1.165) is 0 Å². The molecule has 2 N–H and O–H groups in total. The highest BCUT2D eigenvalue weighted by atomic mass is 35.5. The average Bonchev–Trinajstić information content (AvgIpc) is 2.95. The lowest BCUT2D eigenvalue weighted by molar-refractivity contribution is 0.507. The first kappa shape index (κ1) is 14.3. The summed E-state index contributed by atoms with van der Waals surface area (Å²) in [5.41, 5.74) is 6.47. The predicted molar refractivity (Wildman–Crippen MR) is 79.4 cm³/mol. The maximum atomic E-state index is 13.9. The molecule has 1 unspecified atom stereocenters. The SMILES string of the molecule is Nc1cc(-c2cc(Cl)ccc2F)nn1C1CCS(=O)(=O)C1. The van der Waals surface area contributed by atoms with Gasteiger partial charge < -0.3 is 5.73 Å². The number of nitrogen functional groups attached to an aromatic ring is 1. The summed E-state index contributed by atoms with van der Waals surface area (Å²) in [6, 6.07) is 5.40. The Morgan fingerprint density at radius 2 is 2.14 bits per heavy atom. The van der Waals surface area contributed by atoms with Crippen molar-refractivity contribution in [1.82, 2.24) is 9.78 Å². The lowest BCUT2D eigenvalue weighted by Crippen LogP contribution is -2.14. The van der Waals surface area contributed by atoms with Crippen LogP contribution in [0.2, 0.25) is 5.02 Å². The van der Waals surface area contributed by atoms with Crippen molar-refractivity contribution < 1.29 is 12.8 Å². The zero-order valence-electron chi connectivity index (χ0n) is 11.0. The van der Waals surface area contributed by atoms with E-state index in [0.29, 0.717) is 23.0 Å². The minimum atomic E-state index is -3.04. The van der Waals surface area contributed by atoms with Crippen LogP contribution >= 0.6 is 11.6 Å². The van der Waals surface area contributed by atoms with Gasteiger partial charge in [0.25, 0.3) is 0 Å². The first-order chi connectivity index (χ1) is 9.85. The van der Waals surface area contributed by atoms with E-state index in [1.807, 2.05) is 0 Å². The lowest BCUT2D eigenvalue weighted by Gasteiger charge is -2.10. The van der Waals surface area contributed by atoms with E-state index < -0.39 is 15.7 Å². The van der Waals surface area contributed by atoms with Gasteiger partial charge in [0.15, 0.2) is 9.84 Å². The van der Waals surface area contributed by atoms with Gasteiger partial charge in [0.05, 0.1) is 23.2 Å². The summed E-state index contributed by atoms with van der Waals surface area (Å²) in [6.07, 6.45) is 0.464. The Kier molecular flexibility index (Phi) is 3.41. The second-order valence-corrected chi connectivity index (χ2v) is 7.75. The van der Waals surface area contributed by atoms with Gasteiger partial charge in [-0.2, -0.15) is 5.10 Å². The molecule has 1 saturated heterocycles. The van der Waals surface area contributed by atoms with E-state index in [1.54, 1.807) is 0 Å². The Morgan fingerprint density at radius 3 is 2.81 bits per heavy atom. The molecule has 0 amide bonds. The third kappa shape index (κ3) is 2.75. The molecule has 112 valence electrons. The van der Waals surface area contributed by atoms with Gasteiger partial charge >= 0.3 is 0 Å². The molecule has 1 aliphatic heterocycles. The number of nitrogens with zero attached hydrogens (tertiary/aromatic N) is 2. The van der Waals surface area contributed by atoms with Crippen LogP contribution in [0.4, 0.5) is 10.2 Å². The summed E-state index contributed by atoms with van der Waals surface area (Å²) in [5, 5.41) is 4.65. The standard InChI is InChI=1S/C13H13ClFN3O2S/c14-8-1-2-11(15)10(5-8)12-6-13(16)18(17-12)9-3-4-21(19,20)7-9/h1-2,5-6,9H,3-4,7,16H2. The summed E-state index contributed by atoms with van der Waals surface area (Å²) in [7, 11) is -3.04. The van der Waals surface area contributed by atoms with Gasteiger partial charge in [-0.15, -0.1) is 0 Å². The third-order valence-electron chi connectivity index (χ3n) is 3.52. The van der Waals surface area contributed by atoms with Crippen LogP contribution in [-0.4, -0.2) is 29.7 Å². The molecule has 3 rings (SSSR count). The van der Waals surface area contributed by atoms with E-state index in [1.165, 1.54) is 28.9 Å². The zero-order valence-corrected chi connectivity index (χ0v) is 12.5. The highest BCUT2D eigenvalue weighted by molar-refractivity contribution is 7.91. The minimum Gasteiger partial charge on any atom is -0.384 e. The van der Waals surface area contributed by atoms with Gasteiger partial charge in [0.2, 0.25) is 0 Å². The van der Waals surface area contributed by atoms with Crippen LogP contribution in [-0.2, 0) is 9.84 Å². The first-order valence-electron chi connectivity index (χ1n) is 6.36. The van der Waals surface area contributed by atoms with Crippen LogP contribution in [0.3, 0.4) is 0 Å². The highest BCUT2D eigenvalue weighted by Gasteiger charge is 2.31. The summed E-state index contributed by atoms with van der Waals surface area (Å²) >= 11 is 5.87. The second-order valence-electron chi connectivity index (χ2n) is 5.08. The maximum Gasteiger partial charge on any atom is 0.152 e. The largest absolute Gasteiger partial charge is 0.384 e. The average molecular weight is 330 g/mol. The number of sulfone groups is 1. The van der Waals surface area contributed by atoms with Crippen molar-refractivity contribution in [3.05, 3.63) is 35.1 Å². The number of nitrogens with two attached hydrogens (primary N) is 1. The number of hydrogen-bond donors (Lipinski definition) is 1. The quantitative estimate of drug-likeness (QED) is 0.917. The lowest BCUT2D eigenvalue weighted by atomic mass is 10.1. The van der Waals surface area contributed by atoms with Crippen molar-refractivity contribution in [2.75, 3.05) is 17.2 Å². The molecule has 0 bridgehead atoms. The first-order valence-corrected chi connectivity index (χ1v) is 8.56. The number of rotatable bonds is 2. The monoisotopic (exact) mass is 329 g/mol. The highest BCUT2D eigenvalue weighted by Crippen LogP contribution is 2.30. The smallest absolute Gasteiger partial charge is 0.152 e. The fraction of sp³-hybridized carbons (Fsp3) is 0.308. The molecule has 1 atom stereocenters. The summed E-state index contributed by atoms with van der Waals surface area (Å²) in [6.45, 7) is 0. The molecular weight excluding hydrogens is 317 g/mol. The molecule has 21 heavy (non-hydrogen) atoms. The molecule has 1 aromatic heterocycles. The van der Waals surface area contributed by atoms with Crippen LogP contribution in [0.25, 0.3) is 11.3 Å². The number of anilines is 1. The Balaban J connectivity index is 2.00. The van der Waals surface area contributed by atoms with Gasteiger partial charge in [0, 0.05) is 16.7 Å². The zero-order chi connectivity index (χ0) is 15.2. The normalized spacial score (nSPS) is 20.8. The number of halogens is 2. The maximum absolute atomic E-state index is 13.9. The summed E-state index contributed by atoms with van der Waals surface area (Å²) in [4.78, 5) is 0. The van der Waals surface area contributed by atoms with Crippen LogP contribution < -0.4 is 5.73 Å². The molecule has 0 radical (unpaired) electrons. The molecule has 1 aromatic carbocycles. The Morgan fingerprint density at radius 1 is 1.38 bits per heavy atom. The van der Waals surface area contributed by atoms with Gasteiger partial charge in [0.1, 0.15) is 11.6 Å². The molecule has 1 fully saturated rings. The van der Waals surface area contributed by atoms with Crippen molar-refractivity contribution in [2.45, 2.75) is 12.5 Å². The van der Waals surface area contributed by atoms with E-state index in [2.05, 4.69) is 5.10 Å². The molecule has 1 aliphatic rings. The van der Waals surface area contributed by atoms with E-state index in [-0.39, 0.29) is 23.1 Å². The van der Waals surface area contributed by atoms with Gasteiger partial charge in [-0.1, -0.05) is 11.6 Å². The van der Waals surface area contributed by atoms with Crippen molar-refractivity contribution in [3.63, 3.8) is 0 Å². The van der Waals surface area contributed by atoms with Crippen LogP contribution in [0.15, 0.2) is 24.3 Å². The van der Waals surface area contributed by atoms with E-state index >= 15 is 0 Å².